The number of hydrogen-bond acceptors (Lipinski definition) is 4. The zero-order valence-corrected chi connectivity index (χ0v) is 22.0. The van der Waals surface area contributed by atoms with Crippen molar-refractivity contribution in [1.29, 1.82) is 0 Å². The Morgan fingerprint density at radius 2 is 1.46 bits per heavy atom. The average molecular weight is 527 g/mol. The van der Waals surface area contributed by atoms with Gasteiger partial charge >= 0.3 is 12.1 Å². The lowest BCUT2D eigenvalue weighted by molar-refractivity contribution is -0.139. The molecule has 2 aliphatic rings. The van der Waals surface area contributed by atoms with Crippen LogP contribution in [0.4, 0.5) is 4.79 Å². The number of carbonyl (C=O) groups is 3. The number of ether oxygens (including phenoxy) is 1. The summed E-state index contributed by atoms with van der Waals surface area (Å²) in [6, 6.07) is 25.9. The van der Waals surface area contributed by atoms with E-state index >= 15 is 0 Å². The molecule has 0 aliphatic heterocycles. The number of hydrogen-bond donors (Lipinski definition) is 2. The van der Waals surface area contributed by atoms with E-state index in [0.717, 1.165) is 29.5 Å². The van der Waals surface area contributed by atoms with Crippen LogP contribution in [-0.4, -0.2) is 46.7 Å². The monoisotopic (exact) mass is 526 g/mol. The molecule has 3 aromatic rings. The predicted molar refractivity (Wildman–Crippen MR) is 148 cm³/mol. The summed E-state index contributed by atoms with van der Waals surface area (Å²) in [7, 11) is 0. The van der Waals surface area contributed by atoms with Crippen molar-refractivity contribution in [3.63, 3.8) is 0 Å². The van der Waals surface area contributed by atoms with Crippen LogP contribution >= 0.6 is 0 Å². The molecule has 39 heavy (non-hydrogen) atoms. The van der Waals surface area contributed by atoms with E-state index in [9.17, 15) is 19.5 Å². The number of rotatable bonds is 10. The Balaban J connectivity index is 1.25. The Morgan fingerprint density at radius 1 is 0.872 bits per heavy atom. The van der Waals surface area contributed by atoms with Crippen molar-refractivity contribution < 1.29 is 24.2 Å². The van der Waals surface area contributed by atoms with Gasteiger partial charge in [-0.15, -0.1) is 0 Å². The summed E-state index contributed by atoms with van der Waals surface area (Å²) in [6.45, 7) is 0.653. The van der Waals surface area contributed by atoms with Crippen molar-refractivity contribution in [1.82, 2.24) is 10.2 Å². The summed E-state index contributed by atoms with van der Waals surface area (Å²) in [6.07, 6.45) is 2.64. The third-order valence-corrected chi connectivity index (χ3v) is 7.93. The van der Waals surface area contributed by atoms with Crippen LogP contribution in [0.25, 0.3) is 11.1 Å². The first-order valence-electron chi connectivity index (χ1n) is 13.6. The van der Waals surface area contributed by atoms with Gasteiger partial charge in [0.15, 0.2) is 0 Å². The highest BCUT2D eigenvalue weighted by Crippen LogP contribution is 2.44. The van der Waals surface area contributed by atoms with E-state index in [1.807, 2.05) is 54.6 Å². The van der Waals surface area contributed by atoms with Crippen LogP contribution in [0, 0.1) is 0 Å². The first kappa shape index (κ1) is 26.5. The maximum Gasteiger partial charge on any atom is 0.407 e. The number of nitrogens with one attached hydrogen (secondary N) is 1. The van der Waals surface area contributed by atoms with E-state index in [1.54, 1.807) is 4.90 Å². The largest absolute Gasteiger partial charge is 0.481 e. The minimum absolute atomic E-state index is 0.0401. The van der Waals surface area contributed by atoms with Gasteiger partial charge in [-0.2, -0.15) is 0 Å². The van der Waals surface area contributed by atoms with Crippen molar-refractivity contribution in [3.05, 3.63) is 95.6 Å². The minimum Gasteiger partial charge on any atom is -0.481 e. The SMILES string of the molecule is O=C(O)CCN(Cc1ccccc1)C(=O)CC1(NC(=O)OCC2c3ccccc3-c3ccccc32)CCCC1. The molecule has 1 saturated carbocycles. The molecule has 0 spiro atoms. The quantitative estimate of drug-likeness (QED) is 0.352. The van der Waals surface area contributed by atoms with Crippen molar-refractivity contribution in [2.24, 2.45) is 0 Å². The van der Waals surface area contributed by atoms with Gasteiger partial charge in [0.05, 0.1) is 18.4 Å². The number of carboxylic acid groups (broad SMARTS) is 1. The third kappa shape index (κ3) is 6.14. The van der Waals surface area contributed by atoms with Gasteiger partial charge in [-0.25, -0.2) is 4.79 Å². The normalized spacial score (nSPS) is 15.3. The molecule has 0 aromatic heterocycles. The first-order chi connectivity index (χ1) is 18.9. The van der Waals surface area contributed by atoms with Crippen LogP contribution in [0.15, 0.2) is 78.9 Å². The molecule has 2 aliphatic carbocycles. The van der Waals surface area contributed by atoms with Gasteiger partial charge in [-0.1, -0.05) is 91.7 Å². The van der Waals surface area contributed by atoms with Crippen LogP contribution < -0.4 is 5.32 Å². The smallest absolute Gasteiger partial charge is 0.407 e. The molecule has 1 fully saturated rings. The number of carboxylic acids is 1. The molecule has 2 amide bonds. The fourth-order valence-corrected chi connectivity index (χ4v) is 5.98. The van der Waals surface area contributed by atoms with Gasteiger partial charge in [0.1, 0.15) is 6.61 Å². The van der Waals surface area contributed by atoms with Crippen LogP contribution in [-0.2, 0) is 20.9 Å². The molecule has 7 nitrogen and oxygen atoms in total. The number of amides is 2. The summed E-state index contributed by atoms with van der Waals surface area (Å²) < 4.78 is 5.79. The van der Waals surface area contributed by atoms with Crippen LogP contribution in [0.2, 0.25) is 0 Å². The Hall–Kier alpha value is -4.13. The second-order valence-electron chi connectivity index (χ2n) is 10.6. The molecule has 3 aromatic carbocycles. The van der Waals surface area contributed by atoms with Gasteiger partial charge in [0.25, 0.3) is 0 Å². The highest BCUT2D eigenvalue weighted by Gasteiger charge is 2.39. The molecule has 0 radical (unpaired) electrons. The standard InChI is InChI=1S/C32H34N2O5/c35-29(34(19-16-30(36)37)21-23-10-2-1-3-11-23)20-32(17-8-9-18-32)33-31(38)39-22-28-26-14-6-4-12-24(26)25-13-5-7-15-27(25)28/h1-7,10-15,28H,8-9,16-22H2,(H,33,38)(H,36,37). The third-order valence-electron chi connectivity index (χ3n) is 7.93. The van der Waals surface area contributed by atoms with Crippen LogP contribution in [0.3, 0.4) is 0 Å². The van der Waals surface area contributed by atoms with Crippen molar-refractivity contribution in [2.75, 3.05) is 13.2 Å². The van der Waals surface area contributed by atoms with Crippen LogP contribution in [0.5, 0.6) is 0 Å². The highest BCUT2D eigenvalue weighted by atomic mass is 16.5. The molecule has 0 atom stereocenters. The molecule has 202 valence electrons. The molecular formula is C32H34N2O5. The van der Waals surface area contributed by atoms with Gasteiger partial charge in [0.2, 0.25) is 5.91 Å². The molecular weight excluding hydrogens is 492 g/mol. The Morgan fingerprint density at radius 3 is 2.08 bits per heavy atom. The highest BCUT2D eigenvalue weighted by molar-refractivity contribution is 5.80. The zero-order chi connectivity index (χ0) is 27.2. The summed E-state index contributed by atoms with van der Waals surface area (Å²) in [5.74, 6) is -1.16. The van der Waals surface area contributed by atoms with E-state index in [4.69, 9.17) is 4.74 Å². The molecule has 5 rings (SSSR count). The average Bonchev–Trinajstić information content (AvgIpc) is 3.52. The van der Waals surface area contributed by atoms with Crippen molar-refractivity contribution in [3.8, 4) is 11.1 Å². The van der Waals surface area contributed by atoms with E-state index in [2.05, 4.69) is 29.6 Å². The number of benzene rings is 3. The second-order valence-corrected chi connectivity index (χ2v) is 10.6. The maximum atomic E-state index is 13.5. The summed E-state index contributed by atoms with van der Waals surface area (Å²) in [5.41, 5.74) is 4.86. The van der Waals surface area contributed by atoms with Gasteiger partial charge in [0, 0.05) is 19.0 Å². The van der Waals surface area contributed by atoms with E-state index < -0.39 is 17.6 Å². The summed E-state index contributed by atoms with van der Waals surface area (Å²) in [4.78, 5) is 39.4. The Bertz CT molecular complexity index is 1290. The Kier molecular flexibility index (Phi) is 7.96. The number of nitrogens with zero attached hydrogens (tertiary/aromatic N) is 1. The second kappa shape index (κ2) is 11.7. The lowest BCUT2D eigenvalue weighted by Crippen LogP contribution is -2.50. The predicted octanol–water partition coefficient (Wildman–Crippen LogP) is 5.73. The number of alkyl carbamates (subject to hydrolysis) is 1. The van der Waals surface area contributed by atoms with Gasteiger partial charge in [-0.05, 0) is 40.7 Å². The maximum absolute atomic E-state index is 13.5. The lowest BCUT2D eigenvalue weighted by atomic mass is 9.92. The lowest BCUT2D eigenvalue weighted by Gasteiger charge is -2.32. The molecule has 7 heteroatoms. The topological polar surface area (TPSA) is 95.9 Å². The van der Waals surface area contributed by atoms with Crippen molar-refractivity contribution in [2.45, 2.75) is 56.5 Å². The molecule has 0 bridgehead atoms. The van der Waals surface area contributed by atoms with Crippen molar-refractivity contribution >= 4 is 18.0 Å². The molecule has 2 N–H and O–H groups in total. The fourth-order valence-electron chi connectivity index (χ4n) is 5.98. The first-order valence-corrected chi connectivity index (χ1v) is 13.6. The fraction of sp³-hybridized carbons (Fsp3) is 0.344. The molecule has 0 heterocycles. The molecule has 0 unspecified atom stereocenters. The number of fused-ring (bicyclic) bond motifs is 3. The van der Waals surface area contributed by atoms with Gasteiger partial charge < -0.3 is 20.1 Å². The molecule has 0 saturated heterocycles. The number of aliphatic carboxylic acids is 1. The van der Waals surface area contributed by atoms with Crippen LogP contribution in [0.1, 0.15) is 61.1 Å². The van der Waals surface area contributed by atoms with E-state index in [-0.39, 0.29) is 37.8 Å². The summed E-state index contributed by atoms with van der Waals surface area (Å²) >= 11 is 0. The van der Waals surface area contributed by atoms with E-state index in [1.165, 1.54) is 11.1 Å². The zero-order valence-electron chi connectivity index (χ0n) is 22.0. The number of carbonyl (C=O) groups excluding carboxylic acids is 2. The summed E-state index contributed by atoms with van der Waals surface area (Å²) in [5, 5.41) is 12.3. The van der Waals surface area contributed by atoms with Gasteiger partial charge in [-0.3, -0.25) is 9.59 Å². The van der Waals surface area contributed by atoms with E-state index in [0.29, 0.717) is 19.4 Å². The Labute approximate surface area is 228 Å². The minimum atomic E-state index is -0.951.